The van der Waals surface area contributed by atoms with Crippen LogP contribution in [-0.2, 0) is 11.3 Å². The maximum atomic E-state index is 12.0. The first-order chi connectivity index (χ1) is 13.8. The number of ether oxygens (including phenoxy) is 2. The lowest BCUT2D eigenvalue weighted by Gasteiger charge is -2.13. The van der Waals surface area contributed by atoms with E-state index in [-0.39, 0.29) is 0 Å². The third-order valence-corrected chi connectivity index (χ3v) is 5.19. The molecule has 0 bridgehead atoms. The molecule has 0 atom stereocenters. The smallest absolute Gasteiger partial charge is 0.357 e. The van der Waals surface area contributed by atoms with Crippen LogP contribution in [0.1, 0.15) is 23.0 Å². The van der Waals surface area contributed by atoms with Gasteiger partial charge in [0, 0.05) is 5.38 Å². The standard InChI is InChI=1S/C23H19NO3S/c1-2-26-23(25)19-15-28-22(24-19)21-18-11-7-6-10-17(18)12-13-20(21)27-14-16-8-4-3-5-9-16/h3-13,15H,2,14H2,1H3. The second-order valence-corrected chi connectivity index (χ2v) is 7.05. The molecular formula is C23H19NO3S. The molecule has 1 heterocycles. The highest BCUT2D eigenvalue weighted by Crippen LogP contribution is 2.39. The Morgan fingerprint density at radius 1 is 1.00 bits per heavy atom. The van der Waals surface area contributed by atoms with Gasteiger partial charge in [0.1, 0.15) is 17.4 Å². The van der Waals surface area contributed by atoms with Crippen LogP contribution in [0.3, 0.4) is 0 Å². The zero-order valence-corrected chi connectivity index (χ0v) is 16.2. The highest BCUT2D eigenvalue weighted by molar-refractivity contribution is 7.13. The molecule has 4 aromatic rings. The lowest BCUT2D eigenvalue weighted by atomic mass is 10.0. The van der Waals surface area contributed by atoms with Crippen LogP contribution in [0.25, 0.3) is 21.3 Å². The van der Waals surface area contributed by atoms with Crippen molar-refractivity contribution in [3.63, 3.8) is 0 Å². The van der Waals surface area contributed by atoms with Gasteiger partial charge in [-0.3, -0.25) is 0 Å². The molecule has 0 unspecified atom stereocenters. The van der Waals surface area contributed by atoms with Crippen molar-refractivity contribution >= 4 is 28.1 Å². The van der Waals surface area contributed by atoms with Crippen molar-refractivity contribution in [2.45, 2.75) is 13.5 Å². The maximum absolute atomic E-state index is 12.0. The van der Waals surface area contributed by atoms with E-state index >= 15 is 0 Å². The quantitative estimate of drug-likeness (QED) is 0.396. The molecule has 0 saturated heterocycles. The number of carbonyl (C=O) groups excluding carboxylic acids is 1. The largest absolute Gasteiger partial charge is 0.488 e. The van der Waals surface area contributed by atoms with Crippen LogP contribution in [0.5, 0.6) is 5.75 Å². The number of esters is 1. The molecule has 4 rings (SSSR count). The first-order valence-corrected chi connectivity index (χ1v) is 9.95. The van der Waals surface area contributed by atoms with E-state index in [1.807, 2.05) is 60.7 Å². The van der Waals surface area contributed by atoms with Gasteiger partial charge in [-0.2, -0.15) is 0 Å². The molecular weight excluding hydrogens is 370 g/mol. The predicted octanol–water partition coefficient (Wildman–Crippen LogP) is 5.72. The van der Waals surface area contributed by atoms with E-state index in [2.05, 4.69) is 11.1 Å². The number of aromatic nitrogens is 1. The summed E-state index contributed by atoms with van der Waals surface area (Å²) in [5.41, 5.74) is 2.31. The molecule has 0 aliphatic heterocycles. The Kier molecular flexibility index (Phi) is 5.35. The average Bonchev–Trinajstić information content (AvgIpc) is 3.22. The summed E-state index contributed by atoms with van der Waals surface area (Å²) in [6.07, 6.45) is 0. The summed E-state index contributed by atoms with van der Waals surface area (Å²) in [4.78, 5) is 16.6. The Labute approximate surface area is 167 Å². The molecule has 0 N–H and O–H groups in total. The van der Waals surface area contributed by atoms with Crippen LogP contribution < -0.4 is 4.74 Å². The number of hydrogen-bond acceptors (Lipinski definition) is 5. The number of fused-ring (bicyclic) bond motifs is 1. The summed E-state index contributed by atoms with van der Waals surface area (Å²) in [5.74, 6) is 0.337. The summed E-state index contributed by atoms with van der Waals surface area (Å²) >= 11 is 1.42. The molecule has 3 aromatic carbocycles. The minimum absolute atomic E-state index is 0.323. The topological polar surface area (TPSA) is 48.4 Å². The Morgan fingerprint density at radius 2 is 1.79 bits per heavy atom. The lowest BCUT2D eigenvalue weighted by Crippen LogP contribution is -2.04. The summed E-state index contributed by atoms with van der Waals surface area (Å²) in [6, 6.07) is 22.1. The van der Waals surface area contributed by atoms with E-state index < -0.39 is 5.97 Å². The number of carbonyl (C=O) groups is 1. The first kappa shape index (κ1) is 18.2. The van der Waals surface area contributed by atoms with Gasteiger partial charge in [-0.1, -0.05) is 60.7 Å². The molecule has 0 saturated carbocycles. The molecule has 0 spiro atoms. The summed E-state index contributed by atoms with van der Waals surface area (Å²) < 4.78 is 11.2. The maximum Gasteiger partial charge on any atom is 0.357 e. The number of hydrogen-bond donors (Lipinski definition) is 0. The molecule has 28 heavy (non-hydrogen) atoms. The Hall–Kier alpha value is -3.18. The summed E-state index contributed by atoms with van der Waals surface area (Å²) in [5, 5.41) is 4.61. The normalized spacial score (nSPS) is 10.8. The monoisotopic (exact) mass is 389 g/mol. The zero-order valence-electron chi connectivity index (χ0n) is 15.4. The zero-order chi connectivity index (χ0) is 19.3. The number of benzene rings is 3. The van der Waals surface area contributed by atoms with Crippen molar-refractivity contribution in [2.75, 3.05) is 6.61 Å². The van der Waals surface area contributed by atoms with Gasteiger partial charge in [-0.15, -0.1) is 11.3 Å². The van der Waals surface area contributed by atoms with Gasteiger partial charge in [-0.05, 0) is 29.3 Å². The second kappa shape index (κ2) is 8.23. The summed E-state index contributed by atoms with van der Waals surface area (Å²) in [6.45, 7) is 2.57. The highest BCUT2D eigenvalue weighted by atomic mass is 32.1. The second-order valence-electron chi connectivity index (χ2n) is 6.19. The van der Waals surface area contributed by atoms with Gasteiger partial charge in [-0.25, -0.2) is 9.78 Å². The molecule has 0 aliphatic carbocycles. The van der Waals surface area contributed by atoms with Crippen LogP contribution >= 0.6 is 11.3 Å². The Bertz CT molecular complexity index is 1110. The Balaban J connectivity index is 1.75. The van der Waals surface area contributed by atoms with E-state index in [0.29, 0.717) is 18.9 Å². The molecule has 0 aliphatic rings. The lowest BCUT2D eigenvalue weighted by molar-refractivity contribution is 0.0520. The molecule has 4 nitrogen and oxygen atoms in total. The Morgan fingerprint density at radius 3 is 2.61 bits per heavy atom. The molecule has 140 valence electrons. The van der Waals surface area contributed by atoms with Gasteiger partial charge in [0.05, 0.1) is 12.2 Å². The van der Waals surface area contributed by atoms with Crippen LogP contribution in [0.2, 0.25) is 0 Å². The van der Waals surface area contributed by atoms with E-state index in [0.717, 1.165) is 32.7 Å². The molecule has 5 heteroatoms. The van der Waals surface area contributed by atoms with Gasteiger partial charge in [0.2, 0.25) is 0 Å². The fourth-order valence-corrected chi connectivity index (χ4v) is 3.87. The van der Waals surface area contributed by atoms with Crippen molar-refractivity contribution < 1.29 is 14.3 Å². The third-order valence-electron chi connectivity index (χ3n) is 4.33. The number of rotatable bonds is 6. The molecule has 0 amide bonds. The van der Waals surface area contributed by atoms with Crippen LogP contribution in [0.15, 0.2) is 72.1 Å². The van der Waals surface area contributed by atoms with Crippen LogP contribution in [-0.4, -0.2) is 17.6 Å². The fraction of sp³-hybridized carbons (Fsp3) is 0.130. The highest BCUT2D eigenvalue weighted by Gasteiger charge is 2.18. The van der Waals surface area contributed by atoms with E-state index in [1.165, 1.54) is 11.3 Å². The van der Waals surface area contributed by atoms with Crippen molar-refractivity contribution in [3.05, 3.63) is 83.4 Å². The van der Waals surface area contributed by atoms with Gasteiger partial charge >= 0.3 is 5.97 Å². The van der Waals surface area contributed by atoms with Gasteiger partial charge in [0.25, 0.3) is 0 Å². The SMILES string of the molecule is CCOC(=O)c1csc(-c2c(OCc3ccccc3)ccc3ccccc23)n1. The molecule has 0 radical (unpaired) electrons. The van der Waals surface area contributed by atoms with Crippen molar-refractivity contribution in [2.24, 2.45) is 0 Å². The summed E-state index contributed by atoms with van der Waals surface area (Å²) in [7, 11) is 0. The minimum Gasteiger partial charge on any atom is -0.488 e. The van der Waals surface area contributed by atoms with E-state index in [1.54, 1.807) is 12.3 Å². The van der Waals surface area contributed by atoms with Crippen molar-refractivity contribution in [1.29, 1.82) is 0 Å². The molecule has 1 aromatic heterocycles. The van der Waals surface area contributed by atoms with Gasteiger partial charge < -0.3 is 9.47 Å². The minimum atomic E-state index is -0.406. The van der Waals surface area contributed by atoms with E-state index in [4.69, 9.17) is 9.47 Å². The van der Waals surface area contributed by atoms with Crippen molar-refractivity contribution in [1.82, 2.24) is 4.98 Å². The predicted molar refractivity (Wildman–Crippen MR) is 112 cm³/mol. The average molecular weight is 389 g/mol. The third kappa shape index (κ3) is 3.75. The van der Waals surface area contributed by atoms with Gasteiger partial charge in [0.15, 0.2) is 5.69 Å². The van der Waals surface area contributed by atoms with E-state index in [9.17, 15) is 4.79 Å². The van der Waals surface area contributed by atoms with Crippen molar-refractivity contribution in [3.8, 4) is 16.3 Å². The first-order valence-electron chi connectivity index (χ1n) is 9.07. The number of nitrogens with zero attached hydrogens (tertiary/aromatic N) is 1. The number of thiazole rings is 1. The fourth-order valence-electron chi connectivity index (χ4n) is 3.02. The molecule has 0 fully saturated rings. The van der Waals surface area contributed by atoms with Crippen LogP contribution in [0.4, 0.5) is 0 Å². The van der Waals surface area contributed by atoms with Crippen LogP contribution in [0, 0.1) is 0 Å².